The molecule has 1 aliphatic rings. The highest BCUT2D eigenvalue weighted by Crippen LogP contribution is 2.22. The van der Waals surface area contributed by atoms with E-state index in [1.165, 1.54) is 0 Å². The summed E-state index contributed by atoms with van der Waals surface area (Å²) in [5, 5.41) is 2.48. The Labute approximate surface area is 173 Å². The summed E-state index contributed by atoms with van der Waals surface area (Å²) < 4.78 is 33.5. The second-order valence-corrected chi connectivity index (χ2v) is 7.52. The van der Waals surface area contributed by atoms with Crippen molar-refractivity contribution >= 4 is 23.3 Å². The monoisotopic (exact) mass is 417 g/mol. The van der Waals surface area contributed by atoms with E-state index in [1.54, 1.807) is 24.3 Å². The van der Waals surface area contributed by atoms with Crippen LogP contribution in [0.5, 0.6) is 0 Å². The number of halogens is 2. The van der Waals surface area contributed by atoms with E-state index in [9.17, 15) is 18.4 Å². The number of anilines is 2. The molecule has 1 aliphatic carbocycles. The molecule has 8 heteroatoms. The molecule has 0 saturated heterocycles. The van der Waals surface area contributed by atoms with Gasteiger partial charge in [0, 0.05) is 18.2 Å². The molecule has 1 fully saturated rings. The summed E-state index contributed by atoms with van der Waals surface area (Å²) >= 11 is 0. The van der Waals surface area contributed by atoms with E-state index in [1.807, 2.05) is 0 Å². The molecule has 30 heavy (non-hydrogen) atoms. The minimum Gasteiger partial charge on any atom is -0.461 e. The Morgan fingerprint density at radius 2 is 1.70 bits per heavy atom. The molecule has 160 valence electrons. The number of esters is 1. The Morgan fingerprint density at radius 3 is 2.37 bits per heavy atom. The summed E-state index contributed by atoms with van der Waals surface area (Å²) in [7, 11) is 0. The summed E-state index contributed by atoms with van der Waals surface area (Å²) in [6, 6.07) is 7.19. The zero-order valence-corrected chi connectivity index (χ0v) is 16.5. The highest BCUT2D eigenvalue weighted by Gasteiger charge is 2.28. The quantitative estimate of drug-likeness (QED) is 0.494. The number of nitrogens with two attached hydrogens (primary N) is 2. The first-order chi connectivity index (χ1) is 14.3. The lowest BCUT2D eigenvalue weighted by molar-refractivity contribution is -0.152. The number of carbonyl (C=O) groups is 2. The fraction of sp³-hybridized carbons (Fsp3) is 0.364. The van der Waals surface area contributed by atoms with Crippen molar-refractivity contribution in [3.05, 3.63) is 59.2 Å². The fourth-order valence-corrected chi connectivity index (χ4v) is 3.48. The number of nitrogen functional groups attached to an aromatic ring is 2. The average molecular weight is 417 g/mol. The van der Waals surface area contributed by atoms with E-state index in [-0.39, 0.29) is 12.5 Å². The van der Waals surface area contributed by atoms with Crippen molar-refractivity contribution in [2.75, 3.05) is 11.5 Å². The van der Waals surface area contributed by atoms with Crippen molar-refractivity contribution in [1.82, 2.24) is 5.32 Å². The summed E-state index contributed by atoms with van der Waals surface area (Å²) in [6.07, 6.45) is 4.50. The smallest absolute Gasteiger partial charge is 0.329 e. The number of nitrogens with one attached hydrogen (secondary N) is 1. The lowest BCUT2D eigenvalue weighted by Gasteiger charge is -2.25. The molecule has 0 bridgehead atoms. The predicted octanol–water partition coefficient (Wildman–Crippen LogP) is 3.35. The van der Waals surface area contributed by atoms with Crippen molar-refractivity contribution < 1.29 is 23.1 Å². The van der Waals surface area contributed by atoms with E-state index in [0.29, 0.717) is 11.8 Å². The van der Waals surface area contributed by atoms with Crippen LogP contribution >= 0.6 is 0 Å². The van der Waals surface area contributed by atoms with Crippen LogP contribution in [0, 0.1) is 11.6 Å². The number of benzene rings is 2. The lowest BCUT2D eigenvalue weighted by Crippen LogP contribution is -2.45. The van der Waals surface area contributed by atoms with E-state index in [4.69, 9.17) is 16.2 Å². The van der Waals surface area contributed by atoms with E-state index in [2.05, 4.69) is 5.32 Å². The molecule has 1 saturated carbocycles. The molecule has 1 atom stereocenters. The Morgan fingerprint density at radius 1 is 1.03 bits per heavy atom. The second-order valence-electron chi connectivity index (χ2n) is 7.52. The van der Waals surface area contributed by atoms with Gasteiger partial charge >= 0.3 is 5.97 Å². The molecular formula is C22H25F2N3O3. The van der Waals surface area contributed by atoms with Gasteiger partial charge in [0.05, 0.1) is 11.3 Å². The first-order valence-electron chi connectivity index (χ1n) is 9.94. The maximum absolute atomic E-state index is 14.1. The van der Waals surface area contributed by atoms with Gasteiger partial charge in [-0.05, 0) is 49.4 Å². The van der Waals surface area contributed by atoms with Crippen LogP contribution in [0.4, 0.5) is 20.2 Å². The number of amides is 1. The lowest BCUT2D eigenvalue weighted by atomic mass is 9.97. The maximum Gasteiger partial charge on any atom is 0.329 e. The molecule has 1 amide bonds. The minimum atomic E-state index is -1.07. The number of ether oxygens (including phenoxy) is 1. The van der Waals surface area contributed by atoms with Gasteiger partial charge in [0.25, 0.3) is 5.91 Å². The van der Waals surface area contributed by atoms with Crippen molar-refractivity contribution in [3.8, 4) is 0 Å². The van der Waals surface area contributed by atoms with Crippen molar-refractivity contribution in [1.29, 1.82) is 0 Å². The number of hydrogen-bond donors (Lipinski definition) is 3. The largest absolute Gasteiger partial charge is 0.461 e. The Bertz CT molecular complexity index is 913. The molecule has 5 N–H and O–H groups in total. The first kappa shape index (κ1) is 21.5. The van der Waals surface area contributed by atoms with Gasteiger partial charge in [-0.3, -0.25) is 4.79 Å². The molecule has 2 aromatic rings. The molecule has 0 aromatic heterocycles. The van der Waals surface area contributed by atoms with Gasteiger partial charge in [-0.25, -0.2) is 13.6 Å². The molecule has 6 nitrogen and oxygen atoms in total. The Hall–Kier alpha value is -3.16. The summed E-state index contributed by atoms with van der Waals surface area (Å²) in [6.45, 7) is 0. The topological polar surface area (TPSA) is 107 Å². The number of rotatable bonds is 6. The highest BCUT2D eigenvalue weighted by molar-refractivity contribution is 5.97. The summed E-state index contributed by atoms with van der Waals surface area (Å²) in [5.41, 5.74) is 11.4. The van der Waals surface area contributed by atoms with Crippen LogP contribution < -0.4 is 16.8 Å². The third-order valence-electron chi connectivity index (χ3n) is 5.18. The number of hydrogen-bond acceptors (Lipinski definition) is 5. The van der Waals surface area contributed by atoms with E-state index >= 15 is 0 Å². The normalized spacial score (nSPS) is 15.4. The van der Waals surface area contributed by atoms with Crippen LogP contribution in [0.25, 0.3) is 0 Å². The zero-order chi connectivity index (χ0) is 21.7. The number of carbonyl (C=O) groups excluding carboxylic acids is 2. The third-order valence-corrected chi connectivity index (χ3v) is 5.18. The van der Waals surface area contributed by atoms with Crippen LogP contribution in [-0.2, 0) is 16.0 Å². The van der Waals surface area contributed by atoms with Gasteiger partial charge in [0.15, 0.2) is 0 Å². The van der Waals surface area contributed by atoms with Crippen molar-refractivity contribution in [2.24, 2.45) is 0 Å². The first-order valence-corrected chi connectivity index (χ1v) is 9.94. The summed E-state index contributed by atoms with van der Waals surface area (Å²) in [4.78, 5) is 25.4. The van der Waals surface area contributed by atoms with Crippen LogP contribution in [0.3, 0.4) is 0 Å². The van der Waals surface area contributed by atoms with Gasteiger partial charge < -0.3 is 21.5 Å². The van der Waals surface area contributed by atoms with Gasteiger partial charge in [-0.2, -0.15) is 0 Å². The molecular weight excluding hydrogens is 392 g/mol. The van der Waals surface area contributed by atoms with Crippen LogP contribution in [0.2, 0.25) is 0 Å². The van der Waals surface area contributed by atoms with Gasteiger partial charge in [0.2, 0.25) is 0 Å². The molecule has 0 spiro atoms. The molecule has 0 radical (unpaired) electrons. The second kappa shape index (κ2) is 9.56. The van der Waals surface area contributed by atoms with Gasteiger partial charge in [0.1, 0.15) is 23.8 Å². The molecule has 0 aliphatic heterocycles. The predicted molar refractivity (Wildman–Crippen MR) is 110 cm³/mol. The highest BCUT2D eigenvalue weighted by atomic mass is 19.1. The van der Waals surface area contributed by atoms with E-state index < -0.39 is 40.8 Å². The van der Waals surface area contributed by atoms with Gasteiger partial charge in [-0.15, -0.1) is 0 Å². The fourth-order valence-electron chi connectivity index (χ4n) is 3.48. The third kappa shape index (κ3) is 5.46. The zero-order valence-electron chi connectivity index (χ0n) is 16.5. The van der Waals surface area contributed by atoms with Crippen molar-refractivity contribution in [3.63, 3.8) is 0 Å². The Kier molecular flexibility index (Phi) is 6.87. The van der Waals surface area contributed by atoms with Crippen LogP contribution in [0.1, 0.15) is 48.0 Å². The van der Waals surface area contributed by atoms with Crippen molar-refractivity contribution in [2.45, 2.75) is 50.7 Å². The molecule has 2 aromatic carbocycles. The minimum absolute atomic E-state index is 0.122. The van der Waals surface area contributed by atoms with Crippen LogP contribution in [-0.4, -0.2) is 24.0 Å². The molecule has 0 unspecified atom stereocenters. The van der Waals surface area contributed by atoms with E-state index in [0.717, 1.165) is 43.7 Å². The van der Waals surface area contributed by atoms with Gasteiger partial charge in [-0.1, -0.05) is 18.6 Å². The standard InChI is InChI=1S/C22H25F2N3O3/c23-17-12-19(26)18(24)11-16(17)21(28)27-20(10-13-6-8-14(25)9-7-13)22(29)30-15-4-2-1-3-5-15/h6-9,11-12,15,20H,1-5,10,25-26H2,(H,27,28)/t20-/m0/s1. The molecule has 3 rings (SSSR count). The molecule has 0 heterocycles. The van der Waals surface area contributed by atoms with Crippen LogP contribution in [0.15, 0.2) is 36.4 Å². The maximum atomic E-state index is 14.1. The average Bonchev–Trinajstić information content (AvgIpc) is 2.72. The Balaban J connectivity index is 1.78. The summed E-state index contributed by atoms with van der Waals surface area (Å²) in [5.74, 6) is -3.42. The SMILES string of the molecule is Nc1ccc(C[C@H](NC(=O)c2cc(F)c(N)cc2F)C(=O)OC2CCCCC2)cc1.